The summed E-state index contributed by atoms with van der Waals surface area (Å²) in [6.07, 6.45) is 14.7. The second kappa shape index (κ2) is 13.7. The molecule has 1 aliphatic carbocycles. The molecule has 5 heteroatoms. The fourth-order valence-corrected chi connectivity index (χ4v) is 3.57. The minimum Gasteiger partial charge on any atom is -0.481 e. The van der Waals surface area contributed by atoms with Crippen LogP contribution in [0, 0.1) is 11.8 Å². The highest BCUT2D eigenvalue weighted by atomic mass is 16.4. The third-order valence-electron chi connectivity index (χ3n) is 5.21. The van der Waals surface area contributed by atoms with E-state index in [-0.39, 0.29) is 30.5 Å². The summed E-state index contributed by atoms with van der Waals surface area (Å²) in [5, 5.41) is 28.9. The fourth-order valence-electron chi connectivity index (χ4n) is 3.57. The maximum atomic E-state index is 12.2. The van der Waals surface area contributed by atoms with Crippen LogP contribution in [0.4, 0.5) is 0 Å². The Morgan fingerprint density at radius 1 is 1.19 bits per heavy atom. The molecule has 27 heavy (non-hydrogen) atoms. The van der Waals surface area contributed by atoms with Gasteiger partial charge in [0.05, 0.1) is 12.2 Å². The van der Waals surface area contributed by atoms with Crippen LogP contribution in [0.2, 0.25) is 0 Å². The van der Waals surface area contributed by atoms with Crippen molar-refractivity contribution >= 4 is 11.8 Å². The number of aliphatic carboxylic acids is 1. The van der Waals surface area contributed by atoms with Crippen LogP contribution < -0.4 is 0 Å². The van der Waals surface area contributed by atoms with Gasteiger partial charge >= 0.3 is 5.97 Å². The van der Waals surface area contributed by atoms with Crippen LogP contribution in [0.1, 0.15) is 77.6 Å². The molecular formula is C22H36O5. The number of aliphatic hydroxyl groups is 2. The molecule has 0 aliphatic heterocycles. The van der Waals surface area contributed by atoms with Crippen molar-refractivity contribution in [2.45, 2.75) is 89.8 Å². The molecule has 0 heterocycles. The van der Waals surface area contributed by atoms with Crippen molar-refractivity contribution in [1.29, 1.82) is 0 Å². The van der Waals surface area contributed by atoms with E-state index in [9.17, 15) is 19.8 Å². The van der Waals surface area contributed by atoms with E-state index in [1.165, 1.54) is 19.3 Å². The normalized spacial score (nSPS) is 24.3. The number of ketones is 1. The molecule has 1 fully saturated rings. The summed E-state index contributed by atoms with van der Waals surface area (Å²) in [6.45, 7) is 2.17. The van der Waals surface area contributed by atoms with Gasteiger partial charge in [0.15, 0.2) is 0 Å². The van der Waals surface area contributed by atoms with Crippen molar-refractivity contribution in [2.24, 2.45) is 11.8 Å². The summed E-state index contributed by atoms with van der Waals surface area (Å²) >= 11 is 0. The van der Waals surface area contributed by atoms with Gasteiger partial charge in [0.2, 0.25) is 0 Å². The number of hydrogen-bond donors (Lipinski definition) is 3. The lowest BCUT2D eigenvalue weighted by atomic mass is 9.90. The van der Waals surface area contributed by atoms with E-state index >= 15 is 0 Å². The van der Waals surface area contributed by atoms with Gasteiger partial charge in [-0.25, -0.2) is 0 Å². The third-order valence-corrected chi connectivity index (χ3v) is 5.21. The standard InChI is InChI=1S/C22H36O5/c1-2-3-4-5-8-11-17(23)14-15-19-18(20(24)16-21(19)25)12-9-6-7-10-13-22(26)27/h6,9,14-15,17-19,21,23,25H,2-5,7-8,10-13,16H2,1H3,(H,26,27)/b9-6+,15-14+/t17-,18+,19+,21+/m0/s1. The lowest BCUT2D eigenvalue weighted by Crippen LogP contribution is -2.18. The van der Waals surface area contributed by atoms with Gasteiger partial charge in [-0.1, -0.05) is 63.3 Å². The average molecular weight is 381 g/mol. The van der Waals surface area contributed by atoms with Crippen molar-refractivity contribution in [3.63, 3.8) is 0 Å². The quantitative estimate of drug-likeness (QED) is 0.312. The zero-order chi connectivity index (χ0) is 20.1. The first kappa shape index (κ1) is 23.6. The van der Waals surface area contributed by atoms with E-state index in [2.05, 4.69) is 6.92 Å². The highest BCUT2D eigenvalue weighted by Crippen LogP contribution is 2.33. The van der Waals surface area contributed by atoms with E-state index < -0.39 is 18.2 Å². The van der Waals surface area contributed by atoms with E-state index in [1.54, 1.807) is 6.08 Å². The van der Waals surface area contributed by atoms with Crippen LogP contribution >= 0.6 is 0 Å². The Balaban J connectivity index is 2.42. The zero-order valence-corrected chi connectivity index (χ0v) is 16.6. The molecule has 5 nitrogen and oxygen atoms in total. The number of hydrogen-bond acceptors (Lipinski definition) is 4. The predicted octanol–water partition coefficient (Wildman–Crippen LogP) is 4.03. The minimum absolute atomic E-state index is 0.0568. The van der Waals surface area contributed by atoms with Crippen molar-refractivity contribution in [2.75, 3.05) is 0 Å². The summed E-state index contributed by atoms with van der Waals surface area (Å²) in [5.41, 5.74) is 0. The third kappa shape index (κ3) is 9.87. The van der Waals surface area contributed by atoms with E-state index in [1.807, 2.05) is 18.2 Å². The monoisotopic (exact) mass is 380 g/mol. The molecule has 1 saturated carbocycles. The number of allylic oxidation sites excluding steroid dienone is 2. The first-order valence-corrected chi connectivity index (χ1v) is 10.4. The Morgan fingerprint density at radius 3 is 2.63 bits per heavy atom. The molecule has 1 rings (SSSR count). The largest absolute Gasteiger partial charge is 0.481 e. The number of carbonyl (C=O) groups excluding carboxylic acids is 1. The van der Waals surface area contributed by atoms with Gasteiger partial charge in [-0.3, -0.25) is 9.59 Å². The second-order valence-corrected chi connectivity index (χ2v) is 7.57. The lowest BCUT2D eigenvalue weighted by Gasteiger charge is -2.16. The number of carbonyl (C=O) groups is 2. The topological polar surface area (TPSA) is 94.8 Å². The first-order chi connectivity index (χ1) is 13.0. The van der Waals surface area contributed by atoms with Crippen molar-refractivity contribution in [1.82, 2.24) is 0 Å². The molecule has 4 atom stereocenters. The Kier molecular flexibility index (Phi) is 11.9. The number of unbranched alkanes of at least 4 members (excludes halogenated alkanes) is 5. The Hall–Kier alpha value is -1.46. The molecule has 0 radical (unpaired) electrons. The molecular weight excluding hydrogens is 344 g/mol. The van der Waals surface area contributed by atoms with E-state index in [0.29, 0.717) is 25.7 Å². The number of rotatable bonds is 14. The van der Waals surface area contributed by atoms with Crippen LogP contribution in [0.25, 0.3) is 0 Å². The number of Topliss-reactive ketones (excluding diaryl/α,β-unsaturated/α-hetero) is 1. The van der Waals surface area contributed by atoms with Crippen LogP contribution in [-0.4, -0.2) is 39.3 Å². The smallest absolute Gasteiger partial charge is 0.303 e. The summed E-state index contributed by atoms with van der Waals surface area (Å²) in [7, 11) is 0. The molecule has 0 aromatic heterocycles. The molecule has 0 bridgehead atoms. The van der Waals surface area contributed by atoms with Gasteiger partial charge in [-0.2, -0.15) is 0 Å². The fraction of sp³-hybridized carbons (Fsp3) is 0.727. The summed E-state index contributed by atoms with van der Waals surface area (Å²) < 4.78 is 0. The highest BCUT2D eigenvalue weighted by Gasteiger charge is 2.39. The lowest BCUT2D eigenvalue weighted by molar-refractivity contribution is -0.137. The molecule has 0 saturated heterocycles. The predicted molar refractivity (Wildman–Crippen MR) is 106 cm³/mol. The Labute approximate surface area is 163 Å². The number of aliphatic hydroxyl groups excluding tert-OH is 2. The van der Waals surface area contributed by atoms with Crippen molar-refractivity contribution in [3.8, 4) is 0 Å². The molecule has 1 aliphatic rings. The van der Waals surface area contributed by atoms with Crippen LogP contribution in [0.5, 0.6) is 0 Å². The molecule has 0 aromatic carbocycles. The Morgan fingerprint density at radius 2 is 1.93 bits per heavy atom. The number of carboxylic acids is 1. The SMILES string of the molecule is CCCCCCC[C@H](O)/C=C/[C@H]1[C@H](O)CC(=O)[C@@H]1C/C=C/CCCC(=O)O. The zero-order valence-electron chi connectivity index (χ0n) is 16.6. The minimum atomic E-state index is -0.799. The van der Waals surface area contributed by atoms with Crippen LogP contribution in [-0.2, 0) is 9.59 Å². The summed E-state index contributed by atoms with van der Waals surface area (Å²) in [5.74, 6) is -1.26. The molecule has 0 unspecified atom stereocenters. The maximum absolute atomic E-state index is 12.2. The van der Waals surface area contributed by atoms with Gasteiger partial charge in [0, 0.05) is 24.7 Å². The molecule has 3 N–H and O–H groups in total. The average Bonchev–Trinajstić information content (AvgIpc) is 2.88. The van der Waals surface area contributed by atoms with Crippen LogP contribution in [0.15, 0.2) is 24.3 Å². The van der Waals surface area contributed by atoms with Gasteiger partial charge in [-0.15, -0.1) is 0 Å². The van der Waals surface area contributed by atoms with E-state index in [4.69, 9.17) is 5.11 Å². The molecule has 0 aromatic rings. The highest BCUT2D eigenvalue weighted by molar-refractivity contribution is 5.84. The van der Waals surface area contributed by atoms with Gasteiger partial charge in [0.1, 0.15) is 5.78 Å². The van der Waals surface area contributed by atoms with Crippen LogP contribution in [0.3, 0.4) is 0 Å². The van der Waals surface area contributed by atoms with E-state index in [0.717, 1.165) is 12.8 Å². The summed E-state index contributed by atoms with van der Waals surface area (Å²) in [6, 6.07) is 0. The summed E-state index contributed by atoms with van der Waals surface area (Å²) in [4.78, 5) is 22.6. The van der Waals surface area contributed by atoms with Gasteiger partial charge < -0.3 is 15.3 Å². The molecule has 0 spiro atoms. The number of carboxylic acid groups (broad SMARTS) is 1. The van der Waals surface area contributed by atoms with Gasteiger partial charge in [0.25, 0.3) is 0 Å². The van der Waals surface area contributed by atoms with Crippen molar-refractivity contribution < 1.29 is 24.9 Å². The van der Waals surface area contributed by atoms with Crippen molar-refractivity contribution in [3.05, 3.63) is 24.3 Å². The maximum Gasteiger partial charge on any atom is 0.303 e. The molecule has 0 amide bonds. The van der Waals surface area contributed by atoms with Gasteiger partial charge in [-0.05, 0) is 25.7 Å². The Bertz CT molecular complexity index is 497. The molecule has 154 valence electrons. The first-order valence-electron chi connectivity index (χ1n) is 10.4. The second-order valence-electron chi connectivity index (χ2n) is 7.57.